The normalized spacial score (nSPS) is 20.1. The van der Waals surface area contributed by atoms with Gasteiger partial charge in [0.25, 0.3) is 0 Å². The fourth-order valence-electron chi connectivity index (χ4n) is 7.27. The number of piperidine rings is 2. The number of alkyl halides is 1. The Labute approximate surface area is 285 Å². The van der Waals surface area contributed by atoms with E-state index in [1.807, 2.05) is 13.0 Å². The van der Waals surface area contributed by atoms with Gasteiger partial charge in [0.05, 0.1) is 30.0 Å². The van der Waals surface area contributed by atoms with Gasteiger partial charge < -0.3 is 30.3 Å². The van der Waals surface area contributed by atoms with E-state index in [1.165, 1.54) is 22.3 Å². The number of benzene rings is 3. The molecule has 0 amide bonds. The van der Waals surface area contributed by atoms with E-state index in [2.05, 4.69) is 76.8 Å². The van der Waals surface area contributed by atoms with Crippen LogP contribution in [-0.2, 0) is 13.0 Å². The van der Waals surface area contributed by atoms with Gasteiger partial charge in [-0.2, -0.15) is 0 Å². The standard InChI is InChI=1S/C39H50ClFN4O2/c1-4-46-39-23-37(35(40)22-28(39)24-43-30-13-12-26(2)42-25-30)44-36-15-14-33-32(9-5-10-34(33)36)31-8-6-11-38(27(31)3)47-21-7-18-45-19-16-29(41)17-20-45/h5-6,8-11,22-23,29-30,36,42-44H,2,4,7,12-21,24-25H2,1,3H3/t30-,36?/m0/s1. The Bertz CT molecular complexity index is 1530. The third-order valence-corrected chi connectivity index (χ3v) is 10.3. The van der Waals surface area contributed by atoms with E-state index in [-0.39, 0.29) is 6.04 Å². The fraction of sp³-hybridized carbons (Fsp3) is 0.487. The highest BCUT2D eigenvalue weighted by molar-refractivity contribution is 6.33. The number of anilines is 1. The lowest BCUT2D eigenvalue weighted by molar-refractivity contribution is 0.143. The molecule has 8 heteroatoms. The second kappa shape index (κ2) is 15.8. The Morgan fingerprint density at radius 2 is 1.81 bits per heavy atom. The van der Waals surface area contributed by atoms with Crippen LogP contribution in [-0.4, -0.2) is 56.5 Å². The minimum atomic E-state index is -0.630. The SMILES string of the molecule is C=C1CC[C@H](NCc2cc(Cl)c(NC3CCc4c(-c5cccc(OCCCN6CCC(F)CC6)c5C)cccc43)cc2OCC)CN1. The maximum atomic E-state index is 13.5. The number of nitrogens with zero attached hydrogens (tertiary/aromatic N) is 1. The van der Waals surface area contributed by atoms with E-state index in [0.717, 1.165) is 92.3 Å². The molecule has 0 saturated carbocycles. The number of likely N-dealkylation sites (tertiary alicyclic amines) is 1. The van der Waals surface area contributed by atoms with Gasteiger partial charge in [-0.15, -0.1) is 0 Å². The second-order valence-corrected chi connectivity index (χ2v) is 13.6. The molecule has 2 heterocycles. The Kier molecular flexibility index (Phi) is 11.3. The molecule has 47 heavy (non-hydrogen) atoms. The maximum Gasteiger partial charge on any atom is 0.125 e. The predicted octanol–water partition coefficient (Wildman–Crippen LogP) is 8.37. The lowest BCUT2D eigenvalue weighted by Gasteiger charge is -2.28. The van der Waals surface area contributed by atoms with Crippen molar-refractivity contribution in [2.45, 2.75) is 83.6 Å². The Hall–Kier alpha value is -3.26. The van der Waals surface area contributed by atoms with E-state index in [0.29, 0.717) is 43.7 Å². The summed E-state index contributed by atoms with van der Waals surface area (Å²) in [5, 5.41) is 11.5. The summed E-state index contributed by atoms with van der Waals surface area (Å²) >= 11 is 6.91. The molecular formula is C39H50ClFN4O2. The van der Waals surface area contributed by atoms with Crippen molar-refractivity contribution >= 4 is 17.3 Å². The van der Waals surface area contributed by atoms with Crippen LogP contribution in [0.3, 0.4) is 0 Å². The zero-order valence-corrected chi connectivity index (χ0v) is 28.7. The van der Waals surface area contributed by atoms with Crippen LogP contribution in [0.2, 0.25) is 5.02 Å². The molecule has 0 radical (unpaired) electrons. The summed E-state index contributed by atoms with van der Waals surface area (Å²) < 4.78 is 25.9. The topological polar surface area (TPSA) is 57.8 Å². The van der Waals surface area contributed by atoms with Crippen LogP contribution in [0.4, 0.5) is 10.1 Å². The minimum absolute atomic E-state index is 0.157. The van der Waals surface area contributed by atoms with Gasteiger partial charge in [0.2, 0.25) is 0 Å². The molecule has 2 aliphatic heterocycles. The molecule has 6 nitrogen and oxygen atoms in total. The van der Waals surface area contributed by atoms with E-state index in [1.54, 1.807) is 0 Å². The molecule has 2 fully saturated rings. The van der Waals surface area contributed by atoms with E-state index < -0.39 is 6.17 Å². The summed E-state index contributed by atoms with van der Waals surface area (Å²) in [6.45, 7) is 13.7. The van der Waals surface area contributed by atoms with Crippen molar-refractivity contribution < 1.29 is 13.9 Å². The summed E-state index contributed by atoms with van der Waals surface area (Å²) in [7, 11) is 0. The molecule has 0 spiro atoms. The fourth-order valence-corrected chi connectivity index (χ4v) is 7.51. The van der Waals surface area contributed by atoms with E-state index >= 15 is 0 Å². The van der Waals surface area contributed by atoms with Gasteiger partial charge in [0.1, 0.15) is 17.7 Å². The van der Waals surface area contributed by atoms with Crippen LogP contribution in [0, 0.1) is 6.92 Å². The van der Waals surface area contributed by atoms with Crippen LogP contribution in [0.15, 0.2) is 60.8 Å². The van der Waals surface area contributed by atoms with Crippen molar-refractivity contribution in [3.8, 4) is 22.6 Å². The molecule has 6 rings (SSSR count). The first-order valence-corrected chi connectivity index (χ1v) is 17.8. The number of hydrogen-bond donors (Lipinski definition) is 3. The van der Waals surface area contributed by atoms with Crippen molar-refractivity contribution in [1.82, 2.24) is 15.5 Å². The van der Waals surface area contributed by atoms with Crippen molar-refractivity contribution in [2.24, 2.45) is 0 Å². The van der Waals surface area contributed by atoms with Crippen LogP contribution < -0.4 is 25.4 Å². The molecule has 0 bridgehead atoms. The Morgan fingerprint density at radius 3 is 2.60 bits per heavy atom. The lowest BCUT2D eigenvalue weighted by atomic mass is 9.93. The molecule has 3 aromatic carbocycles. The first-order chi connectivity index (χ1) is 22.9. The average molecular weight is 661 g/mol. The second-order valence-electron chi connectivity index (χ2n) is 13.2. The number of fused-ring (bicyclic) bond motifs is 1. The molecule has 2 saturated heterocycles. The average Bonchev–Trinajstić information content (AvgIpc) is 3.49. The van der Waals surface area contributed by atoms with Crippen molar-refractivity contribution in [3.63, 3.8) is 0 Å². The summed E-state index contributed by atoms with van der Waals surface area (Å²) in [5.74, 6) is 1.80. The minimum Gasteiger partial charge on any atom is -0.493 e. The molecule has 1 unspecified atom stereocenters. The summed E-state index contributed by atoms with van der Waals surface area (Å²) in [5.41, 5.74) is 9.44. The van der Waals surface area contributed by atoms with Crippen molar-refractivity contribution in [2.75, 3.05) is 44.7 Å². The van der Waals surface area contributed by atoms with Crippen molar-refractivity contribution in [1.29, 1.82) is 0 Å². The highest BCUT2D eigenvalue weighted by Crippen LogP contribution is 2.43. The molecule has 252 valence electrons. The first kappa shape index (κ1) is 33.6. The van der Waals surface area contributed by atoms with Crippen LogP contribution >= 0.6 is 11.6 Å². The number of allylic oxidation sites excluding steroid dienone is 1. The van der Waals surface area contributed by atoms with Gasteiger partial charge >= 0.3 is 0 Å². The molecule has 2 atom stereocenters. The zero-order valence-electron chi connectivity index (χ0n) is 28.0. The number of nitrogens with one attached hydrogen (secondary N) is 3. The summed E-state index contributed by atoms with van der Waals surface area (Å²) in [6.07, 6.45) is 5.66. The quantitative estimate of drug-likeness (QED) is 0.160. The van der Waals surface area contributed by atoms with Crippen LogP contribution in [0.25, 0.3) is 11.1 Å². The number of hydrogen-bond acceptors (Lipinski definition) is 6. The third kappa shape index (κ3) is 8.25. The number of halogens is 2. The third-order valence-electron chi connectivity index (χ3n) is 9.99. The molecule has 3 N–H and O–H groups in total. The lowest BCUT2D eigenvalue weighted by Crippen LogP contribution is -2.41. The Balaban J connectivity index is 1.12. The van der Waals surface area contributed by atoms with Gasteiger partial charge in [-0.05, 0) is 98.7 Å². The van der Waals surface area contributed by atoms with Crippen molar-refractivity contribution in [3.05, 3.63) is 88.1 Å². The van der Waals surface area contributed by atoms with E-state index in [9.17, 15) is 4.39 Å². The number of ether oxygens (including phenoxy) is 2. The highest BCUT2D eigenvalue weighted by Gasteiger charge is 2.27. The predicted molar refractivity (Wildman–Crippen MR) is 192 cm³/mol. The smallest absolute Gasteiger partial charge is 0.125 e. The van der Waals surface area contributed by atoms with Crippen LogP contribution in [0.1, 0.15) is 73.7 Å². The Morgan fingerprint density at radius 1 is 1.00 bits per heavy atom. The van der Waals surface area contributed by atoms with Gasteiger partial charge in [-0.3, -0.25) is 0 Å². The molecular weight excluding hydrogens is 611 g/mol. The zero-order chi connectivity index (χ0) is 32.8. The van der Waals surface area contributed by atoms with Gasteiger partial charge in [-0.25, -0.2) is 4.39 Å². The first-order valence-electron chi connectivity index (χ1n) is 17.5. The summed E-state index contributed by atoms with van der Waals surface area (Å²) in [4.78, 5) is 2.35. The van der Waals surface area contributed by atoms with Crippen LogP contribution in [0.5, 0.6) is 11.5 Å². The molecule has 3 aromatic rings. The molecule has 3 aliphatic rings. The van der Waals surface area contributed by atoms with Gasteiger partial charge in [-0.1, -0.05) is 48.5 Å². The largest absolute Gasteiger partial charge is 0.493 e. The maximum absolute atomic E-state index is 13.5. The highest BCUT2D eigenvalue weighted by atomic mass is 35.5. The van der Waals surface area contributed by atoms with E-state index in [4.69, 9.17) is 21.1 Å². The summed E-state index contributed by atoms with van der Waals surface area (Å²) in [6, 6.07) is 17.7. The molecule has 1 aliphatic carbocycles. The van der Waals surface area contributed by atoms with Gasteiger partial charge in [0, 0.05) is 56.1 Å². The van der Waals surface area contributed by atoms with Gasteiger partial charge in [0.15, 0.2) is 0 Å². The monoisotopic (exact) mass is 660 g/mol. The number of rotatable bonds is 13. The molecule has 0 aromatic heterocycles.